The molecule has 2 rings (SSSR count). The Morgan fingerprint density at radius 3 is 3.00 bits per heavy atom. The predicted octanol–water partition coefficient (Wildman–Crippen LogP) is -0.321. The molecular formula is C11H19N5O2S. The van der Waals surface area contributed by atoms with Crippen LogP contribution in [0.1, 0.15) is 26.2 Å². The van der Waals surface area contributed by atoms with E-state index in [1.807, 2.05) is 6.92 Å². The van der Waals surface area contributed by atoms with Crippen LogP contribution in [0, 0.1) is 0 Å². The molecule has 1 fully saturated rings. The van der Waals surface area contributed by atoms with Gasteiger partial charge in [-0.2, -0.15) is 0 Å². The lowest BCUT2D eigenvalue weighted by atomic mass is 10.2. The zero-order chi connectivity index (χ0) is 13.8. The number of nitrogens with two attached hydrogens (primary N) is 1. The van der Waals surface area contributed by atoms with Crippen molar-refractivity contribution in [1.82, 2.24) is 20.1 Å². The van der Waals surface area contributed by atoms with Gasteiger partial charge in [-0.25, -0.2) is 9.89 Å². The second-order valence-corrected chi connectivity index (χ2v) is 5.65. The van der Waals surface area contributed by atoms with E-state index in [0.717, 1.165) is 12.8 Å². The molecule has 1 aromatic heterocycles. The summed E-state index contributed by atoms with van der Waals surface area (Å²) in [6.45, 7) is 2.47. The molecule has 0 spiro atoms. The number of primary amides is 1. The largest absolute Gasteiger partial charge is 0.368 e. The molecule has 0 aromatic carbocycles. The molecule has 1 atom stereocenters. The summed E-state index contributed by atoms with van der Waals surface area (Å²) in [4.78, 5) is 22.7. The van der Waals surface area contributed by atoms with Crippen molar-refractivity contribution in [2.24, 2.45) is 5.73 Å². The van der Waals surface area contributed by atoms with Crippen molar-refractivity contribution >= 4 is 17.7 Å². The van der Waals surface area contributed by atoms with E-state index < -0.39 is 0 Å². The summed E-state index contributed by atoms with van der Waals surface area (Å²) < 4.78 is 1.57. The highest BCUT2D eigenvalue weighted by atomic mass is 32.2. The third-order valence-corrected chi connectivity index (χ3v) is 4.04. The number of carbonyl (C=O) groups is 1. The Balaban J connectivity index is 1.83. The maximum atomic E-state index is 11.4. The van der Waals surface area contributed by atoms with Crippen LogP contribution in [0.5, 0.6) is 0 Å². The van der Waals surface area contributed by atoms with E-state index in [1.165, 1.54) is 11.8 Å². The van der Waals surface area contributed by atoms with Crippen molar-refractivity contribution < 1.29 is 4.79 Å². The SMILES string of the molecule is CCn1c(SCCC(NC2CC2)C(N)=O)n[nH]c1=O. The van der Waals surface area contributed by atoms with E-state index in [0.29, 0.717) is 29.9 Å². The Morgan fingerprint density at radius 1 is 1.68 bits per heavy atom. The molecule has 106 valence electrons. The maximum Gasteiger partial charge on any atom is 0.343 e. The molecule has 4 N–H and O–H groups in total. The first-order chi connectivity index (χ1) is 9.11. The molecule has 0 saturated heterocycles. The summed E-state index contributed by atoms with van der Waals surface area (Å²) in [5.41, 5.74) is 5.16. The van der Waals surface area contributed by atoms with Gasteiger partial charge in [-0.05, 0) is 26.2 Å². The van der Waals surface area contributed by atoms with E-state index >= 15 is 0 Å². The number of rotatable bonds is 8. The standard InChI is InChI=1S/C11H19N5O2S/c1-2-16-10(18)14-15-11(16)19-6-5-8(9(12)17)13-7-3-4-7/h7-8,13H,2-6H2,1H3,(H2,12,17)(H,14,18). The molecule has 0 aliphatic heterocycles. The van der Waals surface area contributed by atoms with Gasteiger partial charge in [-0.3, -0.25) is 9.36 Å². The van der Waals surface area contributed by atoms with Gasteiger partial charge in [0.05, 0.1) is 6.04 Å². The van der Waals surface area contributed by atoms with Gasteiger partial charge < -0.3 is 11.1 Å². The van der Waals surface area contributed by atoms with Crippen LogP contribution in [0.2, 0.25) is 0 Å². The summed E-state index contributed by atoms with van der Waals surface area (Å²) in [7, 11) is 0. The molecule has 1 aliphatic carbocycles. The highest BCUT2D eigenvalue weighted by Crippen LogP contribution is 2.21. The average Bonchev–Trinajstić information content (AvgIpc) is 3.11. The molecule has 0 bridgehead atoms. The Labute approximate surface area is 115 Å². The van der Waals surface area contributed by atoms with Crippen molar-refractivity contribution in [1.29, 1.82) is 0 Å². The molecule has 19 heavy (non-hydrogen) atoms. The van der Waals surface area contributed by atoms with Crippen molar-refractivity contribution in [2.45, 2.75) is 50.0 Å². The molecule has 1 saturated carbocycles. The van der Waals surface area contributed by atoms with Gasteiger partial charge in [-0.15, -0.1) is 5.10 Å². The number of nitrogens with one attached hydrogen (secondary N) is 2. The highest BCUT2D eigenvalue weighted by molar-refractivity contribution is 7.99. The van der Waals surface area contributed by atoms with Crippen molar-refractivity contribution in [3.63, 3.8) is 0 Å². The summed E-state index contributed by atoms with van der Waals surface area (Å²) in [6, 6.07) is 0.155. The second-order valence-electron chi connectivity index (χ2n) is 4.59. The average molecular weight is 285 g/mol. The van der Waals surface area contributed by atoms with E-state index in [1.54, 1.807) is 4.57 Å². The first-order valence-corrected chi connectivity index (χ1v) is 7.43. The van der Waals surface area contributed by atoms with Gasteiger partial charge in [0, 0.05) is 18.3 Å². The molecule has 1 amide bonds. The fourth-order valence-electron chi connectivity index (χ4n) is 1.80. The number of hydrogen-bond donors (Lipinski definition) is 3. The fourth-order valence-corrected chi connectivity index (χ4v) is 2.82. The molecule has 1 heterocycles. The van der Waals surface area contributed by atoms with E-state index in [2.05, 4.69) is 15.5 Å². The van der Waals surface area contributed by atoms with Crippen LogP contribution >= 0.6 is 11.8 Å². The fraction of sp³-hybridized carbons (Fsp3) is 0.727. The van der Waals surface area contributed by atoms with Crippen LogP contribution in [-0.4, -0.2) is 38.5 Å². The Bertz CT molecular complexity index is 494. The maximum absolute atomic E-state index is 11.4. The monoisotopic (exact) mass is 285 g/mol. The van der Waals surface area contributed by atoms with Gasteiger partial charge in [0.15, 0.2) is 5.16 Å². The smallest absolute Gasteiger partial charge is 0.343 e. The van der Waals surface area contributed by atoms with Crippen LogP contribution < -0.4 is 16.7 Å². The molecule has 1 unspecified atom stereocenters. The minimum Gasteiger partial charge on any atom is -0.368 e. The molecule has 1 aromatic rings. The van der Waals surface area contributed by atoms with Gasteiger partial charge in [0.1, 0.15) is 0 Å². The third-order valence-electron chi connectivity index (χ3n) is 3.03. The first-order valence-electron chi connectivity index (χ1n) is 6.45. The van der Waals surface area contributed by atoms with E-state index in [4.69, 9.17) is 5.73 Å². The zero-order valence-corrected chi connectivity index (χ0v) is 11.7. The second kappa shape index (κ2) is 6.25. The lowest BCUT2D eigenvalue weighted by molar-refractivity contribution is -0.120. The Morgan fingerprint density at radius 2 is 2.42 bits per heavy atom. The molecule has 0 radical (unpaired) electrons. The molecular weight excluding hydrogens is 266 g/mol. The van der Waals surface area contributed by atoms with Crippen LogP contribution in [0.3, 0.4) is 0 Å². The molecule has 8 heteroatoms. The van der Waals surface area contributed by atoms with E-state index in [9.17, 15) is 9.59 Å². The van der Waals surface area contributed by atoms with Crippen molar-refractivity contribution in [2.75, 3.05) is 5.75 Å². The van der Waals surface area contributed by atoms with Gasteiger partial charge in [0.2, 0.25) is 5.91 Å². The summed E-state index contributed by atoms with van der Waals surface area (Å²) in [5.74, 6) is 0.375. The van der Waals surface area contributed by atoms with Crippen LogP contribution in [-0.2, 0) is 11.3 Å². The number of amides is 1. The highest BCUT2D eigenvalue weighted by Gasteiger charge is 2.27. The third kappa shape index (κ3) is 3.84. The lowest BCUT2D eigenvalue weighted by Gasteiger charge is -2.14. The first kappa shape index (κ1) is 14.1. The molecule has 7 nitrogen and oxygen atoms in total. The number of thioether (sulfide) groups is 1. The number of H-pyrrole nitrogens is 1. The Kier molecular flexibility index (Phi) is 4.65. The number of aromatic amines is 1. The van der Waals surface area contributed by atoms with Crippen LogP contribution in [0.25, 0.3) is 0 Å². The number of nitrogens with zero attached hydrogens (tertiary/aromatic N) is 2. The minimum atomic E-state index is -0.317. The number of aromatic nitrogens is 3. The topological polar surface area (TPSA) is 106 Å². The normalized spacial score (nSPS) is 16.5. The quantitative estimate of drug-likeness (QED) is 0.568. The van der Waals surface area contributed by atoms with Crippen LogP contribution in [0.4, 0.5) is 0 Å². The van der Waals surface area contributed by atoms with E-state index in [-0.39, 0.29) is 17.6 Å². The predicted molar refractivity (Wildman–Crippen MR) is 73.0 cm³/mol. The van der Waals surface area contributed by atoms with Crippen LogP contribution in [0.15, 0.2) is 9.95 Å². The molecule has 1 aliphatic rings. The zero-order valence-electron chi connectivity index (χ0n) is 10.9. The lowest BCUT2D eigenvalue weighted by Crippen LogP contribution is -2.42. The van der Waals surface area contributed by atoms with Gasteiger partial charge >= 0.3 is 5.69 Å². The summed E-state index contributed by atoms with van der Waals surface area (Å²) in [6.07, 6.45) is 2.87. The van der Waals surface area contributed by atoms with Gasteiger partial charge in [-0.1, -0.05) is 11.8 Å². The summed E-state index contributed by atoms with van der Waals surface area (Å²) in [5, 5.41) is 10.3. The Hall–Kier alpha value is -1.28. The van der Waals surface area contributed by atoms with Gasteiger partial charge in [0.25, 0.3) is 0 Å². The van der Waals surface area contributed by atoms with Crippen molar-refractivity contribution in [3.05, 3.63) is 10.5 Å². The minimum absolute atomic E-state index is 0.201. The number of carbonyl (C=O) groups excluding carboxylic acids is 1. The van der Waals surface area contributed by atoms with Crippen molar-refractivity contribution in [3.8, 4) is 0 Å². The summed E-state index contributed by atoms with van der Waals surface area (Å²) >= 11 is 1.46. The number of hydrogen-bond acceptors (Lipinski definition) is 5.